The van der Waals surface area contributed by atoms with Crippen LogP contribution in [0, 0.1) is 0 Å². The first-order valence-corrected chi connectivity index (χ1v) is 8.76. The molecule has 3 N–H and O–H groups in total. The highest BCUT2D eigenvalue weighted by Crippen LogP contribution is 2.18. The molecule has 0 saturated carbocycles. The van der Waals surface area contributed by atoms with Crippen molar-refractivity contribution in [2.24, 2.45) is 5.73 Å². The lowest BCUT2D eigenvalue weighted by atomic mass is 10.0. The number of urea groups is 1. The maximum Gasteiger partial charge on any atom is 0.317 e. The fourth-order valence-corrected chi connectivity index (χ4v) is 3.36. The molecular weight excluding hydrogens is 340 g/mol. The van der Waals surface area contributed by atoms with Crippen LogP contribution >= 0.6 is 12.4 Å². The molecule has 2 aliphatic heterocycles. The Morgan fingerprint density at radius 1 is 1.08 bits per heavy atom. The van der Waals surface area contributed by atoms with E-state index in [0.717, 1.165) is 38.9 Å². The van der Waals surface area contributed by atoms with Crippen molar-refractivity contribution < 1.29 is 9.59 Å². The number of halogens is 1. The second-order valence-electron chi connectivity index (χ2n) is 6.64. The Bertz CT molecular complexity index is 602. The summed E-state index contributed by atoms with van der Waals surface area (Å²) < 4.78 is 0. The Hall–Kier alpha value is -1.79. The lowest BCUT2D eigenvalue weighted by Gasteiger charge is -2.31. The third-order valence-electron chi connectivity index (χ3n) is 4.93. The van der Waals surface area contributed by atoms with Crippen molar-refractivity contribution in [3.05, 3.63) is 35.4 Å². The predicted molar refractivity (Wildman–Crippen MR) is 99.6 cm³/mol. The largest absolute Gasteiger partial charge is 0.343 e. The van der Waals surface area contributed by atoms with Crippen LogP contribution in [0.2, 0.25) is 0 Å². The van der Waals surface area contributed by atoms with Crippen LogP contribution in [0.15, 0.2) is 24.3 Å². The zero-order valence-corrected chi connectivity index (χ0v) is 15.3. The van der Waals surface area contributed by atoms with Crippen molar-refractivity contribution >= 4 is 24.3 Å². The van der Waals surface area contributed by atoms with Crippen LogP contribution in [-0.2, 0) is 17.8 Å². The number of benzene rings is 1. The van der Waals surface area contributed by atoms with E-state index in [1.807, 2.05) is 21.9 Å². The summed E-state index contributed by atoms with van der Waals surface area (Å²) in [5, 5.41) is 2.88. The van der Waals surface area contributed by atoms with Gasteiger partial charge in [-0.3, -0.25) is 4.79 Å². The molecule has 1 aromatic rings. The molecule has 0 aromatic heterocycles. The molecule has 7 heteroatoms. The Morgan fingerprint density at radius 2 is 1.76 bits per heavy atom. The van der Waals surface area contributed by atoms with E-state index in [9.17, 15) is 9.59 Å². The summed E-state index contributed by atoms with van der Waals surface area (Å²) in [6, 6.07) is 8.36. The minimum absolute atomic E-state index is 0. The molecule has 25 heavy (non-hydrogen) atoms. The minimum atomic E-state index is -0.0852. The van der Waals surface area contributed by atoms with Crippen LogP contribution in [0.5, 0.6) is 0 Å². The molecule has 6 nitrogen and oxygen atoms in total. The van der Waals surface area contributed by atoms with Crippen molar-refractivity contribution in [3.63, 3.8) is 0 Å². The van der Waals surface area contributed by atoms with Crippen LogP contribution in [0.3, 0.4) is 0 Å². The molecule has 0 radical (unpaired) electrons. The number of carbonyl (C=O) groups is 2. The van der Waals surface area contributed by atoms with Gasteiger partial charge in [-0.2, -0.15) is 0 Å². The predicted octanol–water partition coefficient (Wildman–Crippen LogP) is 1.52. The van der Waals surface area contributed by atoms with Gasteiger partial charge in [0.25, 0.3) is 0 Å². The number of rotatable bonds is 3. The number of nitrogens with zero attached hydrogens (tertiary/aromatic N) is 2. The van der Waals surface area contributed by atoms with Crippen LogP contribution < -0.4 is 11.1 Å². The van der Waals surface area contributed by atoms with Crippen molar-refractivity contribution in [1.82, 2.24) is 15.1 Å². The summed E-state index contributed by atoms with van der Waals surface area (Å²) in [7, 11) is 0. The molecule has 0 spiro atoms. The number of fused-ring (bicyclic) bond motifs is 1. The van der Waals surface area contributed by atoms with Gasteiger partial charge in [-0.15, -0.1) is 12.4 Å². The lowest BCUT2D eigenvalue weighted by Crippen LogP contribution is -2.45. The third kappa shape index (κ3) is 5.09. The summed E-state index contributed by atoms with van der Waals surface area (Å²) in [5.41, 5.74) is 8.38. The van der Waals surface area contributed by atoms with Gasteiger partial charge in [0.05, 0.1) is 0 Å². The second kappa shape index (κ2) is 9.06. The molecule has 3 rings (SSSR count). The lowest BCUT2D eigenvalue weighted by molar-refractivity contribution is -0.132. The second-order valence-corrected chi connectivity index (χ2v) is 6.64. The number of hydrogen-bond donors (Lipinski definition) is 2. The van der Waals surface area contributed by atoms with Gasteiger partial charge in [0.2, 0.25) is 5.91 Å². The number of piperidine rings is 1. The quantitative estimate of drug-likeness (QED) is 0.851. The normalized spacial score (nSPS) is 17.5. The summed E-state index contributed by atoms with van der Waals surface area (Å²) in [6.45, 7) is 3.22. The van der Waals surface area contributed by atoms with E-state index < -0.39 is 0 Å². The Morgan fingerprint density at radius 3 is 2.48 bits per heavy atom. The summed E-state index contributed by atoms with van der Waals surface area (Å²) in [5.74, 6) is 0.103. The van der Waals surface area contributed by atoms with Gasteiger partial charge < -0.3 is 20.9 Å². The maximum atomic E-state index is 12.3. The van der Waals surface area contributed by atoms with Gasteiger partial charge in [0.15, 0.2) is 0 Å². The zero-order valence-electron chi connectivity index (χ0n) is 14.4. The molecule has 2 aliphatic rings. The topological polar surface area (TPSA) is 78.7 Å². The summed E-state index contributed by atoms with van der Waals surface area (Å²) >= 11 is 0. The van der Waals surface area contributed by atoms with Crippen LogP contribution in [-0.4, -0.2) is 54.0 Å². The standard InChI is InChI=1S/C18H26N4O2.ClH/c19-16-7-11-21(12-8-16)17(23)5-9-20-18(24)22-10-6-14-3-1-2-4-15(14)13-22;/h1-4,16H,5-13,19H2,(H,20,24);1H. The van der Waals surface area contributed by atoms with Gasteiger partial charge in [-0.25, -0.2) is 4.79 Å². The van der Waals surface area contributed by atoms with E-state index in [1.54, 1.807) is 0 Å². The SMILES string of the molecule is Cl.NC1CCN(C(=O)CCNC(=O)N2CCc3ccccc3C2)CC1. The molecule has 1 saturated heterocycles. The van der Waals surface area contributed by atoms with E-state index in [0.29, 0.717) is 19.5 Å². The van der Waals surface area contributed by atoms with E-state index in [4.69, 9.17) is 5.73 Å². The average molecular weight is 367 g/mol. The molecule has 2 heterocycles. The van der Waals surface area contributed by atoms with Gasteiger partial charge in [-0.05, 0) is 30.4 Å². The highest BCUT2D eigenvalue weighted by Gasteiger charge is 2.22. The summed E-state index contributed by atoms with van der Waals surface area (Å²) in [4.78, 5) is 28.1. The highest BCUT2D eigenvalue weighted by atomic mass is 35.5. The first-order chi connectivity index (χ1) is 11.6. The molecular formula is C18H27ClN4O2. The van der Waals surface area contributed by atoms with Gasteiger partial charge in [-0.1, -0.05) is 24.3 Å². The Balaban J connectivity index is 0.00000225. The van der Waals surface area contributed by atoms with Crippen LogP contribution in [0.1, 0.15) is 30.4 Å². The van der Waals surface area contributed by atoms with Crippen molar-refractivity contribution in [2.45, 2.75) is 38.3 Å². The first kappa shape index (κ1) is 19.5. The fraction of sp³-hybridized carbons (Fsp3) is 0.556. The fourth-order valence-electron chi connectivity index (χ4n) is 3.36. The molecule has 1 fully saturated rings. The van der Waals surface area contributed by atoms with Gasteiger partial charge in [0.1, 0.15) is 0 Å². The van der Waals surface area contributed by atoms with Crippen molar-refractivity contribution in [3.8, 4) is 0 Å². The molecule has 0 aliphatic carbocycles. The molecule has 0 atom stereocenters. The number of amides is 3. The van der Waals surface area contributed by atoms with Crippen LogP contribution in [0.25, 0.3) is 0 Å². The zero-order chi connectivity index (χ0) is 16.9. The van der Waals surface area contributed by atoms with E-state index in [-0.39, 0.29) is 30.4 Å². The number of nitrogens with two attached hydrogens (primary N) is 1. The smallest absolute Gasteiger partial charge is 0.317 e. The van der Waals surface area contributed by atoms with E-state index in [2.05, 4.69) is 17.4 Å². The Labute approximate surface area is 155 Å². The highest BCUT2D eigenvalue weighted by molar-refractivity contribution is 5.85. The van der Waals surface area contributed by atoms with Gasteiger partial charge in [0, 0.05) is 45.2 Å². The first-order valence-electron chi connectivity index (χ1n) is 8.76. The van der Waals surface area contributed by atoms with E-state index in [1.165, 1.54) is 11.1 Å². The number of hydrogen-bond acceptors (Lipinski definition) is 3. The Kier molecular flexibility index (Phi) is 7.08. The maximum absolute atomic E-state index is 12.3. The van der Waals surface area contributed by atoms with Crippen LogP contribution in [0.4, 0.5) is 4.79 Å². The van der Waals surface area contributed by atoms with Crippen molar-refractivity contribution in [1.29, 1.82) is 0 Å². The number of carbonyl (C=O) groups excluding carboxylic acids is 2. The van der Waals surface area contributed by atoms with Gasteiger partial charge >= 0.3 is 6.03 Å². The molecule has 3 amide bonds. The monoisotopic (exact) mass is 366 g/mol. The summed E-state index contributed by atoms with van der Waals surface area (Å²) in [6.07, 6.45) is 2.97. The number of likely N-dealkylation sites (tertiary alicyclic amines) is 1. The molecule has 1 aromatic carbocycles. The minimum Gasteiger partial charge on any atom is -0.343 e. The average Bonchev–Trinajstić information content (AvgIpc) is 2.61. The number of nitrogens with one attached hydrogen (secondary N) is 1. The van der Waals surface area contributed by atoms with Crippen molar-refractivity contribution in [2.75, 3.05) is 26.2 Å². The molecule has 0 bridgehead atoms. The van der Waals surface area contributed by atoms with E-state index >= 15 is 0 Å². The molecule has 138 valence electrons. The molecule has 0 unspecified atom stereocenters. The third-order valence-corrected chi connectivity index (χ3v) is 4.93.